The molecule has 2 aliphatic rings. The Morgan fingerprint density at radius 2 is 1.81 bits per heavy atom. The lowest BCUT2D eigenvalue weighted by molar-refractivity contribution is -0.122. The zero-order valence-corrected chi connectivity index (χ0v) is 15.3. The van der Waals surface area contributed by atoms with Gasteiger partial charge in [0.15, 0.2) is 0 Å². The number of amides is 2. The first kappa shape index (κ1) is 18.8. The maximum absolute atomic E-state index is 13.3. The van der Waals surface area contributed by atoms with Gasteiger partial charge in [0.1, 0.15) is 5.82 Å². The van der Waals surface area contributed by atoms with Crippen LogP contribution < -0.4 is 5.32 Å². The molecule has 1 saturated carbocycles. The van der Waals surface area contributed by atoms with Gasteiger partial charge < -0.3 is 10.2 Å². The summed E-state index contributed by atoms with van der Waals surface area (Å²) in [6, 6.07) is 5.79. The van der Waals surface area contributed by atoms with Gasteiger partial charge in [0, 0.05) is 38.3 Å². The van der Waals surface area contributed by atoms with Crippen molar-refractivity contribution in [3.05, 3.63) is 35.6 Å². The van der Waals surface area contributed by atoms with E-state index in [-0.39, 0.29) is 11.8 Å². The Morgan fingerprint density at radius 3 is 2.50 bits per heavy atom. The Kier molecular flexibility index (Phi) is 6.61. The standard InChI is InChI=1S/C20H28FN3O2/c21-18-8-4-7-17(13-18)20(26)24-11-9-23(10-12-24)15-19(25)22-14-16-5-2-1-3-6-16/h4,7-8,13,16H,1-3,5-6,9-12,14-15H2,(H,22,25). The van der Waals surface area contributed by atoms with Gasteiger partial charge in [-0.25, -0.2) is 4.39 Å². The lowest BCUT2D eigenvalue weighted by Crippen LogP contribution is -2.51. The summed E-state index contributed by atoms with van der Waals surface area (Å²) in [4.78, 5) is 28.4. The first-order chi connectivity index (χ1) is 12.6. The van der Waals surface area contributed by atoms with Crippen molar-refractivity contribution in [1.82, 2.24) is 15.1 Å². The second-order valence-electron chi connectivity index (χ2n) is 7.39. The van der Waals surface area contributed by atoms with Crippen LogP contribution in [-0.4, -0.2) is 60.9 Å². The Morgan fingerprint density at radius 1 is 1.08 bits per heavy atom. The predicted molar refractivity (Wildman–Crippen MR) is 98.3 cm³/mol. The van der Waals surface area contributed by atoms with Crippen molar-refractivity contribution >= 4 is 11.8 Å². The summed E-state index contributed by atoms with van der Waals surface area (Å²) in [7, 11) is 0. The molecular formula is C20H28FN3O2. The van der Waals surface area contributed by atoms with Crippen LogP contribution in [0.1, 0.15) is 42.5 Å². The van der Waals surface area contributed by atoms with Crippen molar-refractivity contribution in [3.8, 4) is 0 Å². The number of rotatable bonds is 5. The van der Waals surface area contributed by atoms with Gasteiger partial charge in [0.2, 0.25) is 5.91 Å². The van der Waals surface area contributed by atoms with Crippen LogP contribution in [0, 0.1) is 11.7 Å². The maximum Gasteiger partial charge on any atom is 0.254 e. The number of nitrogens with zero attached hydrogens (tertiary/aromatic N) is 2. The van der Waals surface area contributed by atoms with E-state index >= 15 is 0 Å². The van der Waals surface area contributed by atoms with E-state index in [4.69, 9.17) is 0 Å². The molecule has 6 heteroatoms. The van der Waals surface area contributed by atoms with Crippen molar-refractivity contribution in [2.24, 2.45) is 5.92 Å². The zero-order valence-electron chi connectivity index (χ0n) is 15.3. The van der Waals surface area contributed by atoms with E-state index in [1.807, 2.05) is 0 Å². The molecule has 5 nitrogen and oxygen atoms in total. The van der Waals surface area contributed by atoms with E-state index in [1.165, 1.54) is 44.2 Å². The molecule has 142 valence electrons. The second kappa shape index (κ2) is 9.12. The Balaban J connectivity index is 1.39. The molecule has 0 spiro atoms. The maximum atomic E-state index is 13.3. The van der Waals surface area contributed by atoms with Crippen LogP contribution in [0.4, 0.5) is 4.39 Å². The Bertz CT molecular complexity index is 623. The highest BCUT2D eigenvalue weighted by molar-refractivity contribution is 5.94. The highest BCUT2D eigenvalue weighted by Gasteiger charge is 2.23. The quantitative estimate of drug-likeness (QED) is 0.875. The van der Waals surface area contributed by atoms with Gasteiger partial charge in [-0.3, -0.25) is 14.5 Å². The van der Waals surface area contributed by atoms with Gasteiger partial charge in [0.05, 0.1) is 6.54 Å². The van der Waals surface area contributed by atoms with Gasteiger partial charge in [-0.2, -0.15) is 0 Å². The van der Waals surface area contributed by atoms with Crippen molar-refractivity contribution in [2.45, 2.75) is 32.1 Å². The third-order valence-electron chi connectivity index (χ3n) is 5.41. The first-order valence-electron chi connectivity index (χ1n) is 9.66. The van der Waals surface area contributed by atoms with E-state index < -0.39 is 5.82 Å². The predicted octanol–water partition coefficient (Wildman–Crippen LogP) is 2.28. The molecule has 1 heterocycles. The van der Waals surface area contributed by atoms with Crippen molar-refractivity contribution < 1.29 is 14.0 Å². The summed E-state index contributed by atoms with van der Waals surface area (Å²) < 4.78 is 13.3. The van der Waals surface area contributed by atoms with Gasteiger partial charge in [0.25, 0.3) is 5.91 Å². The number of nitrogens with one attached hydrogen (secondary N) is 1. The first-order valence-corrected chi connectivity index (χ1v) is 9.66. The normalized spacial score (nSPS) is 19.3. The van der Waals surface area contributed by atoms with Crippen molar-refractivity contribution in [1.29, 1.82) is 0 Å². The summed E-state index contributed by atoms with van der Waals surface area (Å²) in [5.41, 5.74) is 0.378. The third kappa shape index (κ3) is 5.27. The minimum absolute atomic E-state index is 0.0699. The molecule has 1 aromatic rings. The van der Waals surface area contributed by atoms with Gasteiger partial charge in [-0.15, -0.1) is 0 Å². The van der Waals surface area contributed by atoms with Crippen LogP contribution in [0.3, 0.4) is 0 Å². The minimum Gasteiger partial charge on any atom is -0.355 e. The monoisotopic (exact) mass is 361 g/mol. The van der Waals surface area contributed by atoms with E-state index in [0.717, 1.165) is 6.54 Å². The summed E-state index contributed by atoms with van der Waals surface area (Å²) in [6.07, 6.45) is 6.33. The smallest absolute Gasteiger partial charge is 0.254 e. The molecule has 1 N–H and O–H groups in total. The highest BCUT2D eigenvalue weighted by atomic mass is 19.1. The molecule has 0 atom stereocenters. The molecule has 0 bridgehead atoms. The van der Waals surface area contributed by atoms with Crippen molar-refractivity contribution in [2.75, 3.05) is 39.3 Å². The Labute approximate surface area is 154 Å². The summed E-state index contributed by atoms with van der Waals surface area (Å²) in [6.45, 7) is 3.62. The second-order valence-corrected chi connectivity index (χ2v) is 7.39. The number of hydrogen-bond acceptors (Lipinski definition) is 3. The molecule has 1 aromatic carbocycles. The molecule has 1 aliphatic carbocycles. The van der Waals surface area contributed by atoms with E-state index in [1.54, 1.807) is 17.0 Å². The fourth-order valence-corrected chi connectivity index (χ4v) is 3.82. The molecular weight excluding hydrogens is 333 g/mol. The van der Waals surface area contributed by atoms with Gasteiger partial charge in [-0.1, -0.05) is 25.3 Å². The number of halogens is 1. The van der Waals surface area contributed by atoms with E-state index in [2.05, 4.69) is 10.2 Å². The highest BCUT2D eigenvalue weighted by Crippen LogP contribution is 2.22. The molecule has 0 unspecified atom stereocenters. The molecule has 3 rings (SSSR count). The number of carbonyl (C=O) groups excluding carboxylic acids is 2. The summed E-state index contributed by atoms with van der Waals surface area (Å²) >= 11 is 0. The third-order valence-corrected chi connectivity index (χ3v) is 5.41. The fraction of sp³-hybridized carbons (Fsp3) is 0.600. The summed E-state index contributed by atoms with van der Waals surface area (Å²) in [5, 5.41) is 3.06. The van der Waals surface area contributed by atoms with Crippen LogP contribution in [-0.2, 0) is 4.79 Å². The Hall–Kier alpha value is -1.95. The largest absolute Gasteiger partial charge is 0.355 e. The average molecular weight is 361 g/mol. The number of benzene rings is 1. The molecule has 26 heavy (non-hydrogen) atoms. The molecule has 2 amide bonds. The van der Waals surface area contributed by atoms with Gasteiger partial charge >= 0.3 is 0 Å². The van der Waals surface area contributed by atoms with Crippen LogP contribution >= 0.6 is 0 Å². The van der Waals surface area contributed by atoms with Gasteiger partial charge in [-0.05, 0) is 37.0 Å². The average Bonchev–Trinajstić information content (AvgIpc) is 2.67. The SMILES string of the molecule is O=C(CN1CCN(C(=O)c2cccc(F)c2)CC1)NCC1CCCCC1. The zero-order chi connectivity index (χ0) is 18.4. The lowest BCUT2D eigenvalue weighted by Gasteiger charge is -2.34. The minimum atomic E-state index is -0.399. The fourth-order valence-electron chi connectivity index (χ4n) is 3.82. The molecule has 1 saturated heterocycles. The van der Waals surface area contributed by atoms with E-state index in [0.29, 0.717) is 44.2 Å². The molecule has 2 fully saturated rings. The summed E-state index contributed by atoms with van der Waals surface area (Å²) in [5.74, 6) is 0.156. The number of hydrogen-bond donors (Lipinski definition) is 1. The van der Waals surface area contributed by atoms with Crippen LogP contribution in [0.25, 0.3) is 0 Å². The molecule has 0 aromatic heterocycles. The molecule has 0 radical (unpaired) electrons. The van der Waals surface area contributed by atoms with Crippen molar-refractivity contribution in [3.63, 3.8) is 0 Å². The lowest BCUT2D eigenvalue weighted by atomic mass is 9.89. The number of piperazine rings is 1. The number of carbonyl (C=O) groups is 2. The van der Waals surface area contributed by atoms with Crippen LogP contribution in [0.15, 0.2) is 24.3 Å². The topological polar surface area (TPSA) is 52.7 Å². The molecule has 1 aliphatic heterocycles. The van der Waals surface area contributed by atoms with E-state index in [9.17, 15) is 14.0 Å². The van der Waals surface area contributed by atoms with Crippen LogP contribution in [0.5, 0.6) is 0 Å². The van der Waals surface area contributed by atoms with Crippen LogP contribution in [0.2, 0.25) is 0 Å².